The highest BCUT2D eigenvalue weighted by Crippen LogP contribution is 2.24. The zero-order chi connectivity index (χ0) is 18.5. The Morgan fingerprint density at radius 2 is 1.77 bits per heavy atom. The highest BCUT2D eigenvalue weighted by atomic mass is 35.5. The molecule has 2 N–H and O–H groups in total. The van der Waals surface area contributed by atoms with Crippen molar-refractivity contribution in [3.8, 4) is 0 Å². The first-order valence-electron chi connectivity index (χ1n) is 8.72. The number of aryl methyl sites for hydroxylation is 1. The van der Waals surface area contributed by atoms with E-state index in [9.17, 15) is 9.59 Å². The summed E-state index contributed by atoms with van der Waals surface area (Å²) >= 11 is 6.08. The normalized spacial score (nSPS) is 13.5. The van der Waals surface area contributed by atoms with E-state index < -0.39 is 0 Å². The fourth-order valence-corrected chi connectivity index (χ4v) is 3.13. The molecule has 0 aliphatic carbocycles. The zero-order valence-corrected chi connectivity index (χ0v) is 15.5. The predicted octanol–water partition coefficient (Wildman–Crippen LogP) is 3.94. The van der Waals surface area contributed by atoms with Crippen LogP contribution < -0.4 is 10.6 Å². The number of halogens is 1. The van der Waals surface area contributed by atoms with Crippen molar-refractivity contribution in [1.29, 1.82) is 0 Å². The van der Waals surface area contributed by atoms with Gasteiger partial charge in [-0.05, 0) is 50.1 Å². The van der Waals surface area contributed by atoms with Crippen LogP contribution in [0, 0.1) is 6.92 Å². The van der Waals surface area contributed by atoms with Crippen LogP contribution in [-0.4, -0.2) is 36.3 Å². The van der Waals surface area contributed by atoms with Crippen molar-refractivity contribution in [1.82, 2.24) is 4.90 Å². The van der Waals surface area contributed by atoms with Crippen molar-refractivity contribution in [2.45, 2.75) is 19.8 Å². The Balaban J connectivity index is 1.66. The highest BCUT2D eigenvalue weighted by Gasteiger charge is 2.22. The van der Waals surface area contributed by atoms with Crippen LogP contribution in [0.5, 0.6) is 0 Å². The van der Waals surface area contributed by atoms with Gasteiger partial charge in [-0.2, -0.15) is 0 Å². The van der Waals surface area contributed by atoms with Gasteiger partial charge in [0.1, 0.15) is 0 Å². The third kappa shape index (κ3) is 4.55. The molecule has 0 unspecified atom stereocenters. The van der Waals surface area contributed by atoms with Crippen LogP contribution in [0.4, 0.5) is 11.4 Å². The number of carbonyl (C=O) groups excluding carboxylic acids is 2. The van der Waals surface area contributed by atoms with Gasteiger partial charge >= 0.3 is 0 Å². The lowest BCUT2D eigenvalue weighted by molar-refractivity contribution is -0.114. The zero-order valence-electron chi connectivity index (χ0n) is 14.7. The van der Waals surface area contributed by atoms with E-state index in [1.165, 1.54) is 0 Å². The maximum Gasteiger partial charge on any atom is 0.255 e. The van der Waals surface area contributed by atoms with Gasteiger partial charge in [-0.15, -0.1) is 0 Å². The number of nitrogens with zero attached hydrogens (tertiary/aromatic N) is 1. The molecule has 0 radical (unpaired) electrons. The Labute approximate surface area is 158 Å². The molecule has 0 spiro atoms. The molecule has 5 nitrogen and oxygen atoms in total. The Morgan fingerprint density at radius 1 is 1.08 bits per heavy atom. The van der Waals surface area contributed by atoms with Gasteiger partial charge in [0, 0.05) is 29.5 Å². The summed E-state index contributed by atoms with van der Waals surface area (Å²) in [6, 6.07) is 12.7. The Kier molecular flexibility index (Phi) is 5.78. The van der Waals surface area contributed by atoms with Crippen molar-refractivity contribution in [3.05, 3.63) is 58.6 Å². The van der Waals surface area contributed by atoms with Gasteiger partial charge in [0.05, 0.1) is 12.1 Å². The van der Waals surface area contributed by atoms with E-state index in [1.54, 1.807) is 18.2 Å². The molecule has 2 amide bonds. The van der Waals surface area contributed by atoms with Crippen molar-refractivity contribution in [2.24, 2.45) is 0 Å². The summed E-state index contributed by atoms with van der Waals surface area (Å²) in [4.78, 5) is 26.7. The smallest absolute Gasteiger partial charge is 0.255 e. The SMILES string of the molecule is Cc1ccc(NC(=O)CNc2cc(Cl)ccc2C(=O)N2CCCC2)cc1. The topological polar surface area (TPSA) is 61.4 Å². The standard InChI is InChI=1S/C20H22ClN3O2/c1-14-4-7-16(8-5-14)23-19(25)13-22-18-12-15(21)6-9-17(18)20(26)24-10-2-3-11-24/h4-9,12,22H,2-3,10-11,13H2,1H3,(H,23,25). The molecule has 3 rings (SSSR count). The average molecular weight is 372 g/mol. The predicted molar refractivity (Wildman–Crippen MR) is 105 cm³/mol. The van der Waals surface area contributed by atoms with E-state index in [2.05, 4.69) is 10.6 Å². The van der Waals surface area contributed by atoms with Gasteiger partial charge in [-0.3, -0.25) is 9.59 Å². The van der Waals surface area contributed by atoms with Crippen molar-refractivity contribution in [2.75, 3.05) is 30.3 Å². The van der Waals surface area contributed by atoms with Crippen LogP contribution >= 0.6 is 11.6 Å². The van der Waals surface area contributed by atoms with Gasteiger partial charge in [0.25, 0.3) is 5.91 Å². The number of rotatable bonds is 5. The summed E-state index contributed by atoms with van der Waals surface area (Å²) in [6.07, 6.45) is 2.06. The van der Waals surface area contributed by atoms with Crippen LogP contribution in [0.3, 0.4) is 0 Å². The molecular weight excluding hydrogens is 350 g/mol. The van der Waals surface area contributed by atoms with E-state index in [-0.39, 0.29) is 18.4 Å². The molecule has 1 aliphatic rings. The summed E-state index contributed by atoms with van der Waals surface area (Å²) in [5, 5.41) is 6.39. The van der Waals surface area contributed by atoms with E-state index in [4.69, 9.17) is 11.6 Å². The molecule has 2 aromatic rings. The molecule has 0 saturated carbocycles. The first kappa shape index (κ1) is 18.3. The number of anilines is 2. The molecular formula is C20H22ClN3O2. The maximum absolute atomic E-state index is 12.7. The van der Waals surface area contributed by atoms with Crippen LogP contribution in [0.1, 0.15) is 28.8 Å². The second-order valence-corrected chi connectivity index (χ2v) is 6.89. The van der Waals surface area contributed by atoms with E-state index >= 15 is 0 Å². The number of likely N-dealkylation sites (tertiary alicyclic amines) is 1. The molecule has 0 aromatic heterocycles. The minimum atomic E-state index is -0.187. The molecule has 1 saturated heterocycles. The molecule has 6 heteroatoms. The lowest BCUT2D eigenvalue weighted by Crippen LogP contribution is -2.29. The lowest BCUT2D eigenvalue weighted by atomic mass is 10.1. The average Bonchev–Trinajstić information content (AvgIpc) is 3.16. The quantitative estimate of drug-likeness (QED) is 0.837. The number of amides is 2. The lowest BCUT2D eigenvalue weighted by Gasteiger charge is -2.18. The molecule has 2 aromatic carbocycles. The Bertz CT molecular complexity index is 799. The highest BCUT2D eigenvalue weighted by molar-refractivity contribution is 6.31. The number of hydrogen-bond acceptors (Lipinski definition) is 3. The van der Waals surface area contributed by atoms with Crippen LogP contribution in [0.25, 0.3) is 0 Å². The molecule has 136 valence electrons. The number of carbonyl (C=O) groups is 2. The van der Waals surface area contributed by atoms with Gasteiger partial charge in [-0.1, -0.05) is 29.3 Å². The molecule has 1 fully saturated rings. The minimum absolute atomic E-state index is 0.0272. The second kappa shape index (κ2) is 8.23. The van der Waals surface area contributed by atoms with Crippen LogP contribution in [-0.2, 0) is 4.79 Å². The van der Waals surface area contributed by atoms with Gasteiger partial charge in [0.2, 0.25) is 5.91 Å². The van der Waals surface area contributed by atoms with Crippen LogP contribution in [0.2, 0.25) is 5.02 Å². The molecule has 26 heavy (non-hydrogen) atoms. The van der Waals surface area contributed by atoms with Crippen molar-refractivity contribution < 1.29 is 9.59 Å². The number of hydrogen-bond donors (Lipinski definition) is 2. The fourth-order valence-electron chi connectivity index (χ4n) is 2.96. The van der Waals surface area contributed by atoms with E-state index in [0.717, 1.165) is 37.2 Å². The van der Waals surface area contributed by atoms with Crippen LogP contribution in [0.15, 0.2) is 42.5 Å². The Morgan fingerprint density at radius 3 is 2.46 bits per heavy atom. The first-order valence-corrected chi connectivity index (χ1v) is 9.10. The summed E-state index contributed by atoms with van der Waals surface area (Å²) in [5.74, 6) is -0.214. The van der Waals surface area contributed by atoms with E-state index in [1.807, 2.05) is 36.1 Å². The minimum Gasteiger partial charge on any atom is -0.375 e. The summed E-state index contributed by atoms with van der Waals surface area (Å²) < 4.78 is 0. The van der Waals surface area contributed by atoms with Crippen molar-refractivity contribution in [3.63, 3.8) is 0 Å². The second-order valence-electron chi connectivity index (χ2n) is 6.46. The number of nitrogens with one attached hydrogen (secondary N) is 2. The van der Waals surface area contributed by atoms with Gasteiger partial charge < -0.3 is 15.5 Å². The Hall–Kier alpha value is -2.53. The molecule has 0 atom stereocenters. The fraction of sp³-hybridized carbons (Fsp3) is 0.300. The summed E-state index contributed by atoms with van der Waals surface area (Å²) in [5.41, 5.74) is 2.99. The monoisotopic (exact) mass is 371 g/mol. The van der Waals surface area contributed by atoms with Gasteiger partial charge in [-0.25, -0.2) is 0 Å². The molecule has 1 heterocycles. The molecule has 1 aliphatic heterocycles. The largest absolute Gasteiger partial charge is 0.375 e. The van der Waals surface area contributed by atoms with Gasteiger partial charge in [0.15, 0.2) is 0 Å². The van der Waals surface area contributed by atoms with E-state index in [0.29, 0.717) is 16.3 Å². The molecule has 0 bridgehead atoms. The number of benzene rings is 2. The maximum atomic E-state index is 12.7. The third-order valence-corrected chi connectivity index (χ3v) is 4.62. The first-order chi connectivity index (χ1) is 12.5. The summed E-state index contributed by atoms with van der Waals surface area (Å²) in [7, 11) is 0. The van der Waals surface area contributed by atoms with Crippen molar-refractivity contribution >= 4 is 34.8 Å². The summed E-state index contributed by atoms with van der Waals surface area (Å²) in [6.45, 7) is 3.59. The third-order valence-electron chi connectivity index (χ3n) is 4.38.